The maximum absolute atomic E-state index is 12.7. The predicted octanol–water partition coefficient (Wildman–Crippen LogP) is 5.36. The van der Waals surface area contributed by atoms with E-state index in [1.54, 1.807) is 13.8 Å². The third kappa shape index (κ3) is 6.78. The number of ether oxygens (including phenoxy) is 1. The van der Waals surface area contributed by atoms with Crippen molar-refractivity contribution >= 4 is 19.2 Å². The zero-order valence-corrected chi connectivity index (χ0v) is 17.9. The van der Waals surface area contributed by atoms with Gasteiger partial charge in [0.2, 0.25) is 0 Å². The highest BCUT2D eigenvalue weighted by molar-refractivity contribution is 7.53. The number of hydrogen-bond acceptors (Lipinski definition) is 7. The molecule has 0 spiro atoms. The Hall–Kier alpha value is -2.95. The third-order valence-electron chi connectivity index (χ3n) is 3.91. The Labute approximate surface area is 181 Å². The highest BCUT2D eigenvalue weighted by atomic mass is 31.2. The van der Waals surface area contributed by atoms with Gasteiger partial charge < -0.3 is 19.1 Å². The van der Waals surface area contributed by atoms with E-state index in [1.807, 2.05) is 0 Å². The molecule has 174 valence electrons. The molecule has 0 aromatic heterocycles. The zero-order chi connectivity index (χ0) is 23.9. The van der Waals surface area contributed by atoms with Crippen molar-refractivity contribution in [1.29, 1.82) is 0 Å². The minimum Gasteiger partial charge on any atom is -0.457 e. The summed E-state index contributed by atoms with van der Waals surface area (Å²) in [6, 6.07) is 7.03. The Morgan fingerprint density at radius 3 is 2.12 bits per heavy atom. The lowest BCUT2D eigenvalue weighted by atomic mass is 10.1. The minimum absolute atomic E-state index is 0.0235. The van der Waals surface area contributed by atoms with Gasteiger partial charge in [0, 0.05) is 12.1 Å². The van der Waals surface area contributed by atoms with Gasteiger partial charge in [-0.25, -0.2) is 0 Å². The largest absolute Gasteiger partial charge is 0.457 e. The summed E-state index contributed by atoms with van der Waals surface area (Å²) >= 11 is 0. The average Bonchev–Trinajstić information content (AvgIpc) is 2.72. The van der Waals surface area contributed by atoms with Gasteiger partial charge in [-0.05, 0) is 44.2 Å². The quantitative estimate of drug-likeness (QED) is 0.279. The van der Waals surface area contributed by atoms with Gasteiger partial charge >= 0.3 is 13.8 Å². The van der Waals surface area contributed by atoms with Crippen LogP contribution in [0, 0.1) is 10.1 Å². The molecule has 2 aromatic rings. The molecule has 0 saturated carbocycles. The fraction of sp³-hybridized carbons (Fsp3) is 0.316. The molecule has 0 bridgehead atoms. The monoisotopic (exact) mass is 476 g/mol. The van der Waals surface area contributed by atoms with Gasteiger partial charge in [0.05, 0.1) is 23.7 Å². The van der Waals surface area contributed by atoms with Crippen molar-refractivity contribution in [2.24, 2.45) is 0 Å². The van der Waals surface area contributed by atoms with Crippen LogP contribution in [0.2, 0.25) is 0 Å². The number of nitro groups is 1. The molecule has 0 aliphatic heterocycles. The molecule has 2 rings (SSSR count). The Balaban J connectivity index is 2.24. The smallest absolute Gasteiger partial charge is 0.416 e. The number of benzene rings is 2. The third-order valence-corrected chi connectivity index (χ3v) is 5.76. The van der Waals surface area contributed by atoms with E-state index in [0.29, 0.717) is 0 Å². The first-order chi connectivity index (χ1) is 15.0. The summed E-state index contributed by atoms with van der Waals surface area (Å²) in [6.07, 6.45) is -5.03. The second-order valence-corrected chi connectivity index (χ2v) is 8.23. The molecular formula is C19H20F3N2O7P. The molecule has 2 aromatic carbocycles. The second kappa shape index (κ2) is 10.6. The van der Waals surface area contributed by atoms with Crippen molar-refractivity contribution in [2.75, 3.05) is 19.5 Å². The molecule has 13 heteroatoms. The van der Waals surface area contributed by atoms with E-state index >= 15 is 0 Å². The van der Waals surface area contributed by atoms with Crippen LogP contribution in [0.5, 0.6) is 11.5 Å². The lowest BCUT2D eigenvalue weighted by Gasteiger charge is -2.17. The summed E-state index contributed by atoms with van der Waals surface area (Å²) in [5, 5.41) is 13.6. The van der Waals surface area contributed by atoms with E-state index < -0.39 is 47.7 Å². The number of halogens is 3. The van der Waals surface area contributed by atoms with Crippen molar-refractivity contribution in [3.8, 4) is 11.5 Å². The first-order valence-corrected chi connectivity index (χ1v) is 11.0. The van der Waals surface area contributed by atoms with Gasteiger partial charge in [0.1, 0.15) is 23.3 Å². The second-order valence-electron chi connectivity index (χ2n) is 6.17. The summed E-state index contributed by atoms with van der Waals surface area (Å²) in [4.78, 5) is 23.1. The molecule has 0 radical (unpaired) electrons. The molecule has 1 N–H and O–H groups in total. The van der Waals surface area contributed by atoms with Crippen LogP contribution >= 0.6 is 7.60 Å². The summed E-state index contributed by atoms with van der Waals surface area (Å²) < 4.78 is 66.0. The normalized spacial score (nSPS) is 11.8. The van der Waals surface area contributed by atoms with Gasteiger partial charge in [-0.1, -0.05) is 0 Å². The van der Waals surface area contributed by atoms with Crippen molar-refractivity contribution in [3.05, 3.63) is 63.7 Å². The van der Waals surface area contributed by atoms with E-state index in [1.165, 1.54) is 6.07 Å². The van der Waals surface area contributed by atoms with E-state index in [-0.39, 0.29) is 24.7 Å². The van der Waals surface area contributed by atoms with Crippen LogP contribution in [0.1, 0.15) is 29.8 Å². The number of alkyl halides is 3. The molecule has 0 unspecified atom stereocenters. The van der Waals surface area contributed by atoms with Crippen molar-refractivity contribution in [1.82, 2.24) is 5.32 Å². The van der Waals surface area contributed by atoms with E-state index in [0.717, 1.165) is 36.4 Å². The molecule has 0 saturated heterocycles. The lowest BCUT2D eigenvalue weighted by Crippen LogP contribution is -2.26. The van der Waals surface area contributed by atoms with Gasteiger partial charge in [0.15, 0.2) is 0 Å². The van der Waals surface area contributed by atoms with Crippen LogP contribution in [0.25, 0.3) is 0 Å². The number of nitrogens with zero attached hydrogens (tertiary/aromatic N) is 1. The van der Waals surface area contributed by atoms with Crippen molar-refractivity contribution in [2.45, 2.75) is 20.0 Å². The summed E-state index contributed by atoms with van der Waals surface area (Å²) in [6.45, 7) is 3.29. The highest BCUT2D eigenvalue weighted by Crippen LogP contribution is 2.46. The molecule has 0 heterocycles. The Kier molecular flexibility index (Phi) is 8.37. The van der Waals surface area contributed by atoms with Crippen molar-refractivity contribution in [3.63, 3.8) is 0 Å². The zero-order valence-electron chi connectivity index (χ0n) is 17.0. The number of nitrogens with one attached hydrogen (secondary N) is 1. The number of carbonyl (C=O) groups is 1. The Bertz CT molecular complexity index is 1000. The maximum atomic E-state index is 12.7. The average molecular weight is 476 g/mol. The SMILES string of the molecule is CCOP(=O)(CNC(=O)c1cc(Oc2ccc(C(F)(F)F)cc2)ccc1[N+](=O)[O-])OCC. The van der Waals surface area contributed by atoms with Crippen LogP contribution in [-0.2, 0) is 19.8 Å². The number of amides is 1. The molecule has 32 heavy (non-hydrogen) atoms. The van der Waals surface area contributed by atoms with Crippen molar-refractivity contribution < 1.29 is 41.2 Å². The Morgan fingerprint density at radius 1 is 1.06 bits per heavy atom. The minimum atomic E-state index is -4.51. The predicted molar refractivity (Wildman–Crippen MR) is 108 cm³/mol. The van der Waals surface area contributed by atoms with Crippen LogP contribution in [-0.4, -0.2) is 30.3 Å². The fourth-order valence-electron chi connectivity index (χ4n) is 2.55. The molecule has 1 amide bonds. The summed E-state index contributed by atoms with van der Waals surface area (Å²) in [7, 11) is -3.64. The van der Waals surface area contributed by atoms with Crippen LogP contribution in [0.3, 0.4) is 0 Å². The van der Waals surface area contributed by atoms with Gasteiger partial charge in [-0.2, -0.15) is 13.2 Å². The fourth-order valence-corrected chi connectivity index (χ4v) is 3.93. The number of nitro benzene ring substituents is 1. The topological polar surface area (TPSA) is 117 Å². The molecule has 0 atom stereocenters. The first-order valence-electron chi connectivity index (χ1n) is 9.29. The van der Waals surface area contributed by atoms with Crippen LogP contribution < -0.4 is 10.1 Å². The number of hydrogen-bond donors (Lipinski definition) is 1. The van der Waals surface area contributed by atoms with Gasteiger partial charge in [-0.15, -0.1) is 0 Å². The van der Waals surface area contributed by atoms with E-state index in [9.17, 15) is 32.6 Å². The van der Waals surface area contributed by atoms with E-state index in [4.69, 9.17) is 13.8 Å². The molecule has 9 nitrogen and oxygen atoms in total. The first kappa shape index (κ1) is 25.3. The number of rotatable bonds is 10. The van der Waals surface area contributed by atoms with E-state index in [2.05, 4.69) is 5.32 Å². The molecular weight excluding hydrogens is 456 g/mol. The Morgan fingerprint density at radius 2 is 1.62 bits per heavy atom. The van der Waals surface area contributed by atoms with Gasteiger partial charge in [-0.3, -0.25) is 19.5 Å². The summed E-state index contributed by atoms with van der Waals surface area (Å²) in [5.74, 6) is -0.942. The standard InChI is InChI=1S/C19H20F3N2O7P/c1-3-29-32(28,30-4-2)12-23-18(25)16-11-15(9-10-17(16)24(26)27)31-14-7-5-13(6-8-14)19(20,21)22/h5-11H,3-4,12H2,1-2H3,(H,23,25). The molecule has 0 aliphatic rings. The highest BCUT2D eigenvalue weighted by Gasteiger charge is 2.30. The molecule has 0 aliphatic carbocycles. The van der Waals surface area contributed by atoms with Gasteiger partial charge in [0.25, 0.3) is 11.6 Å². The summed E-state index contributed by atoms with van der Waals surface area (Å²) in [5.41, 5.74) is -1.83. The maximum Gasteiger partial charge on any atom is 0.416 e. The molecule has 0 fully saturated rings. The number of carbonyl (C=O) groups excluding carboxylic acids is 1. The van der Waals surface area contributed by atoms with Crippen LogP contribution in [0.4, 0.5) is 18.9 Å². The lowest BCUT2D eigenvalue weighted by molar-refractivity contribution is -0.385. The van der Waals surface area contributed by atoms with Crippen LogP contribution in [0.15, 0.2) is 42.5 Å².